The number of aryl methyl sites for hydroxylation is 1. The molecule has 0 spiro atoms. The van der Waals surface area contributed by atoms with E-state index in [0.29, 0.717) is 11.3 Å². The number of fused-ring (bicyclic) bond motifs is 1. The van der Waals surface area contributed by atoms with Gasteiger partial charge in [0.2, 0.25) is 0 Å². The summed E-state index contributed by atoms with van der Waals surface area (Å²) in [5, 5.41) is 8.95. The van der Waals surface area contributed by atoms with Crippen molar-refractivity contribution in [2.75, 3.05) is 5.73 Å². The fourth-order valence-corrected chi connectivity index (χ4v) is 2.40. The second kappa shape index (κ2) is 3.81. The Labute approximate surface area is 105 Å². The highest BCUT2D eigenvalue weighted by molar-refractivity contribution is 5.52. The number of rotatable bonds is 1. The molecule has 0 aliphatic heterocycles. The number of hydrogen-bond acceptors (Lipinski definition) is 4. The van der Waals surface area contributed by atoms with Crippen molar-refractivity contribution in [1.29, 1.82) is 5.26 Å². The van der Waals surface area contributed by atoms with E-state index in [9.17, 15) is 0 Å². The molecule has 1 aliphatic rings. The van der Waals surface area contributed by atoms with Gasteiger partial charge >= 0.3 is 0 Å². The second-order valence-corrected chi connectivity index (χ2v) is 4.49. The van der Waals surface area contributed by atoms with Gasteiger partial charge in [-0.1, -0.05) is 24.3 Å². The Morgan fingerprint density at radius 3 is 2.78 bits per heavy atom. The molecule has 18 heavy (non-hydrogen) atoms. The zero-order chi connectivity index (χ0) is 12.7. The van der Waals surface area contributed by atoms with E-state index in [-0.39, 0.29) is 11.7 Å². The molecule has 2 aromatic rings. The molecule has 4 nitrogen and oxygen atoms in total. The van der Waals surface area contributed by atoms with E-state index in [2.05, 4.69) is 22.1 Å². The summed E-state index contributed by atoms with van der Waals surface area (Å²) in [5.41, 5.74) is 9.44. The summed E-state index contributed by atoms with van der Waals surface area (Å²) in [7, 11) is 0. The monoisotopic (exact) mass is 236 g/mol. The largest absolute Gasteiger partial charge is 0.382 e. The van der Waals surface area contributed by atoms with Crippen LogP contribution in [-0.4, -0.2) is 9.97 Å². The Morgan fingerprint density at radius 2 is 2.11 bits per heavy atom. The second-order valence-electron chi connectivity index (χ2n) is 4.49. The van der Waals surface area contributed by atoms with Crippen LogP contribution in [0.2, 0.25) is 0 Å². The Bertz CT molecular complexity index is 647. The quantitative estimate of drug-likeness (QED) is 0.820. The van der Waals surface area contributed by atoms with Crippen LogP contribution < -0.4 is 5.73 Å². The predicted molar refractivity (Wildman–Crippen MR) is 67.9 cm³/mol. The molecule has 1 aromatic carbocycles. The molecule has 0 amide bonds. The fourth-order valence-electron chi connectivity index (χ4n) is 2.40. The summed E-state index contributed by atoms with van der Waals surface area (Å²) in [6.45, 7) is 1.80. The maximum absolute atomic E-state index is 8.95. The standard InChI is InChI=1S/C14H12N4/c1-8-12(7-15)13(16)18-14(17-8)11-6-9-4-2-3-5-10(9)11/h2-5,11H,6H2,1H3,(H2,16,17,18). The normalized spacial score (nSPS) is 16.6. The van der Waals surface area contributed by atoms with Crippen molar-refractivity contribution in [3.05, 3.63) is 52.5 Å². The van der Waals surface area contributed by atoms with Crippen molar-refractivity contribution in [2.45, 2.75) is 19.3 Å². The van der Waals surface area contributed by atoms with E-state index in [1.807, 2.05) is 18.2 Å². The third-order valence-corrected chi connectivity index (χ3v) is 3.41. The SMILES string of the molecule is Cc1nc(C2Cc3ccccc32)nc(N)c1C#N. The molecule has 1 atom stereocenters. The first-order valence-corrected chi connectivity index (χ1v) is 5.82. The van der Waals surface area contributed by atoms with Crippen molar-refractivity contribution in [2.24, 2.45) is 0 Å². The van der Waals surface area contributed by atoms with Crippen LogP contribution in [0.3, 0.4) is 0 Å². The van der Waals surface area contributed by atoms with E-state index < -0.39 is 0 Å². The van der Waals surface area contributed by atoms with Crippen LogP contribution in [0.5, 0.6) is 0 Å². The summed E-state index contributed by atoms with van der Waals surface area (Å²) >= 11 is 0. The number of aromatic nitrogens is 2. The van der Waals surface area contributed by atoms with Gasteiger partial charge in [0.05, 0.1) is 5.69 Å². The highest BCUT2D eigenvalue weighted by atomic mass is 15.0. The first kappa shape index (κ1) is 10.7. The minimum absolute atomic E-state index is 0.218. The fraction of sp³-hybridized carbons (Fsp3) is 0.214. The van der Waals surface area contributed by atoms with E-state index in [4.69, 9.17) is 11.0 Å². The molecule has 0 saturated heterocycles. The molecule has 0 bridgehead atoms. The summed E-state index contributed by atoms with van der Waals surface area (Å²) < 4.78 is 0. The smallest absolute Gasteiger partial charge is 0.145 e. The number of anilines is 1. The van der Waals surface area contributed by atoms with Gasteiger partial charge in [-0.2, -0.15) is 5.26 Å². The average Bonchev–Trinajstić information content (AvgIpc) is 2.30. The Kier molecular flexibility index (Phi) is 2.27. The van der Waals surface area contributed by atoms with Crippen molar-refractivity contribution in [3.63, 3.8) is 0 Å². The van der Waals surface area contributed by atoms with Crippen LogP contribution in [-0.2, 0) is 6.42 Å². The van der Waals surface area contributed by atoms with Gasteiger partial charge in [-0.25, -0.2) is 9.97 Å². The molecule has 1 aliphatic carbocycles. The van der Waals surface area contributed by atoms with E-state index in [0.717, 1.165) is 12.2 Å². The third-order valence-electron chi connectivity index (χ3n) is 3.41. The third kappa shape index (κ3) is 1.45. The van der Waals surface area contributed by atoms with E-state index >= 15 is 0 Å². The molecule has 2 N–H and O–H groups in total. The van der Waals surface area contributed by atoms with E-state index in [1.165, 1.54) is 11.1 Å². The van der Waals surface area contributed by atoms with Crippen LogP contribution in [0, 0.1) is 18.3 Å². The molecule has 1 heterocycles. The molecule has 4 heteroatoms. The summed E-state index contributed by atoms with van der Waals surface area (Å²) in [6.07, 6.45) is 0.945. The Balaban J connectivity index is 2.04. The van der Waals surface area contributed by atoms with Crippen molar-refractivity contribution >= 4 is 5.82 Å². The Morgan fingerprint density at radius 1 is 1.33 bits per heavy atom. The molecule has 1 unspecified atom stereocenters. The van der Waals surface area contributed by atoms with Crippen molar-refractivity contribution in [3.8, 4) is 6.07 Å². The maximum atomic E-state index is 8.95. The molecule has 3 rings (SSSR count). The summed E-state index contributed by atoms with van der Waals surface area (Å²) in [6, 6.07) is 10.3. The lowest BCUT2D eigenvalue weighted by Crippen LogP contribution is -2.21. The average molecular weight is 236 g/mol. The van der Waals surface area contributed by atoms with Gasteiger partial charge in [0, 0.05) is 5.92 Å². The van der Waals surface area contributed by atoms with Crippen LogP contribution >= 0.6 is 0 Å². The minimum atomic E-state index is 0.218. The zero-order valence-corrected chi connectivity index (χ0v) is 10.0. The lowest BCUT2D eigenvalue weighted by molar-refractivity contribution is 0.657. The molecule has 88 valence electrons. The number of nitrogen functional groups attached to an aromatic ring is 1. The molecular formula is C14H12N4. The number of nitrogens with two attached hydrogens (primary N) is 1. The Hall–Kier alpha value is -2.41. The van der Waals surface area contributed by atoms with Crippen molar-refractivity contribution < 1.29 is 0 Å². The number of nitriles is 1. The van der Waals surface area contributed by atoms with Crippen molar-refractivity contribution in [1.82, 2.24) is 9.97 Å². The lowest BCUT2D eigenvalue weighted by atomic mass is 9.77. The number of benzene rings is 1. The van der Waals surface area contributed by atoms with Gasteiger partial charge in [-0.05, 0) is 24.5 Å². The summed E-state index contributed by atoms with van der Waals surface area (Å²) in [4.78, 5) is 8.68. The first-order chi connectivity index (χ1) is 8.70. The molecule has 0 radical (unpaired) electrons. The number of nitrogens with zero attached hydrogens (tertiary/aromatic N) is 3. The van der Waals surface area contributed by atoms with Gasteiger partial charge in [-0.15, -0.1) is 0 Å². The van der Waals surface area contributed by atoms with E-state index in [1.54, 1.807) is 6.92 Å². The molecular weight excluding hydrogens is 224 g/mol. The van der Waals surface area contributed by atoms with Crippen LogP contribution in [0.4, 0.5) is 5.82 Å². The molecule has 0 fully saturated rings. The highest BCUT2D eigenvalue weighted by Crippen LogP contribution is 2.38. The van der Waals surface area contributed by atoms with Gasteiger partial charge in [0.1, 0.15) is 23.3 Å². The maximum Gasteiger partial charge on any atom is 0.145 e. The predicted octanol–water partition coefficient (Wildman–Crippen LogP) is 1.93. The van der Waals surface area contributed by atoms with Gasteiger partial charge in [0.15, 0.2) is 0 Å². The topological polar surface area (TPSA) is 75.6 Å². The van der Waals surface area contributed by atoms with Gasteiger partial charge in [0.25, 0.3) is 0 Å². The molecule has 1 aromatic heterocycles. The first-order valence-electron chi connectivity index (χ1n) is 5.82. The van der Waals surface area contributed by atoms with Crippen LogP contribution in [0.15, 0.2) is 24.3 Å². The van der Waals surface area contributed by atoms with Crippen LogP contribution in [0.1, 0.15) is 34.1 Å². The lowest BCUT2D eigenvalue weighted by Gasteiger charge is -2.29. The minimum Gasteiger partial charge on any atom is -0.382 e. The highest BCUT2D eigenvalue weighted by Gasteiger charge is 2.30. The van der Waals surface area contributed by atoms with Gasteiger partial charge in [-0.3, -0.25) is 0 Å². The number of hydrogen-bond donors (Lipinski definition) is 1. The molecule has 0 saturated carbocycles. The summed E-state index contributed by atoms with van der Waals surface area (Å²) in [5.74, 6) is 1.22. The van der Waals surface area contributed by atoms with Gasteiger partial charge < -0.3 is 5.73 Å². The van der Waals surface area contributed by atoms with Crippen LogP contribution in [0.25, 0.3) is 0 Å². The zero-order valence-electron chi connectivity index (χ0n) is 10.0.